The van der Waals surface area contributed by atoms with E-state index in [1.165, 1.54) is 0 Å². The minimum Gasteiger partial charge on any atom is -0.507 e. The number of nitrogens with one attached hydrogen (secondary N) is 2. The summed E-state index contributed by atoms with van der Waals surface area (Å²) in [5, 5.41) is 13.7. The third-order valence-corrected chi connectivity index (χ3v) is 7.13. The molecule has 9 heteroatoms. The number of fused-ring (bicyclic) bond motifs is 1. The number of phenolic OH excluding ortho intramolecular Hbond substituents is 1. The molecule has 2 unspecified atom stereocenters. The van der Waals surface area contributed by atoms with E-state index in [1.54, 1.807) is 0 Å². The van der Waals surface area contributed by atoms with Gasteiger partial charge in [0.2, 0.25) is 0 Å². The Morgan fingerprint density at radius 1 is 1.26 bits per heavy atom. The highest BCUT2D eigenvalue weighted by Crippen LogP contribution is 2.43. The van der Waals surface area contributed by atoms with Crippen molar-refractivity contribution >= 4 is 40.0 Å². The maximum absolute atomic E-state index is 11.1. The Hall–Kier alpha value is -2.49. The van der Waals surface area contributed by atoms with Crippen LogP contribution in [0.2, 0.25) is 0 Å². The van der Waals surface area contributed by atoms with Crippen LogP contribution in [0.1, 0.15) is 41.2 Å². The molecular formula is C22H25N3O4S2. The van der Waals surface area contributed by atoms with Crippen molar-refractivity contribution in [2.75, 3.05) is 5.32 Å². The predicted molar refractivity (Wildman–Crippen MR) is 126 cm³/mol. The summed E-state index contributed by atoms with van der Waals surface area (Å²) < 4.78 is 26.1. The number of amidine groups is 1. The van der Waals surface area contributed by atoms with Crippen molar-refractivity contribution in [2.45, 2.75) is 52.6 Å². The number of anilines is 1. The number of thiocarbonyl (C=S) groups is 1. The quantitative estimate of drug-likeness (QED) is 0.597. The van der Waals surface area contributed by atoms with Gasteiger partial charge in [-0.25, -0.2) is 9.69 Å². The molecule has 0 spiro atoms. The average Bonchev–Trinajstić information content (AvgIpc) is 3.16. The summed E-state index contributed by atoms with van der Waals surface area (Å²) in [5.74, 6) is 1.70. The van der Waals surface area contributed by atoms with Gasteiger partial charge in [0.05, 0.1) is 0 Å². The van der Waals surface area contributed by atoms with Crippen molar-refractivity contribution in [2.24, 2.45) is 4.40 Å². The lowest BCUT2D eigenvalue weighted by Crippen LogP contribution is -2.47. The van der Waals surface area contributed by atoms with Crippen LogP contribution in [-0.4, -0.2) is 25.7 Å². The number of rotatable bonds is 4. The SMILES string of the molecule is Cc1c(C)c2c(c(C)c1O)CCC(C)(C(=S)Nc1ccc(CC3=NS(=O)ON3)cc1)O2. The number of phenols is 1. The average molecular weight is 460 g/mol. The van der Waals surface area contributed by atoms with Crippen LogP contribution in [0.25, 0.3) is 0 Å². The van der Waals surface area contributed by atoms with E-state index in [4.69, 9.17) is 21.2 Å². The van der Waals surface area contributed by atoms with E-state index >= 15 is 0 Å². The second-order valence-electron chi connectivity index (χ2n) is 8.13. The van der Waals surface area contributed by atoms with E-state index in [-0.39, 0.29) is 0 Å². The summed E-state index contributed by atoms with van der Waals surface area (Å²) in [6, 6.07) is 7.78. The molecular weight excluding hydrogens is 434 g/mol. The molecule has 2 atom stereocenters. The zero-order valence-corrected chi connectivity index (χ0v) is 19.5. The molecule has 0 fully saturated rings. The van der Waals surface area contributed by atoms with Crippen molar-refractivity contribution in [1.29, 1.82) is 0 Å². The van der Waals surface area contributed by atoms with Crippen LogP contribution in [-0.2, 0) is 28.4 Å². The lowest BCUT2D eigenvalue weighted by molar-refractivity contribution is 0.134. The Bertz CT molecular complexity index is 1110. The first-order valence-electron chi connectivity index (χ1n) is 10.0. The fourth-order valence-electron chi connectivity index (χ4n) is 3.85. The summed E-state index contributed by atoms with van der Waals surface area (Å²) in [6.07, 6.45) is 2.00. The van der Waals surface area contributed by atoms with Gasteiger partial charge in [-0.3, -0.25) is 0 Å². The molecule has 164 valence electrons. The van der Waals surface area contributed by atoms with E-state index < -0.39 is 16.9 Å². The Morgan fingerprint density at radius 2 is 1.97 bits per heavy atom. The standard InChI is InChI=1S/C22H25N3O4S2/c1-12-13(2)20-17(14(3)19(12)26)9-10-22(4,28-20)21(30)23-16-7-5-15(6-8-16)11-18-24-29-31(27)25-18/h5-8,26H,9-11H2,1-4H3,(H,23,30)(H,24,25). The van der Waals surface area contributed by atoms with Crippen molar-refractivity contribution in [3.8, 4) is 11.5 Å². The van der Waals surface area contributed by atoms with Crippen LogP contribution in [0.15, 0.2) is 28.7 Å². The van der Waals surface area contributed by atoms with Gasteiger partial charge in [0.1, 0.15) is 22.3 Å². The molecule has 0 amide bonds. The Kier molecular flexibility index (Phi) is 5.76. The monoisotopic (exact) mass is 459 g/mol. The number of aromatic hydroxyl groups is 1. The number of hydrogen-bond donors (Lipinski definition) is 3. The number of ether oxygens (including phenoxy) is 1. The molecule has 0 aliphatic carbocycles. The van der Waals surface area contributed by atoms with Crippen molar-refractivity contribution in [3.63, 3.8) is 0 Å². The molecule has 0 bridgehead atoms. The van der Waals surface area contributed by atoms with Crippen molar-refractivity contribution in [3.05, 3.63) is 52.1 Å². The van der Waals surface area contributed by atoms with Gasteiger partial charge in [-0.2, -0.15) is 4.28 Å². The molecule has 31 heavy (non-hydrogen) atoms. The molecule has 3 N–H and O–H groups in total. The summed E-state index contributed by atoms with van der Waals surface area (Å²) in [5.41, 5.74) is 7.49. The fourth-order valence-corrected chi connectivity index (χ4v) is 4.60. The fraction of sp³-hybridized carbons (Fsp3) is 0.364. The summed E-state index contributed by atoms with van der Waals surface area (Å²) in [6.45, 7) is 7.81. The first-order chi connectivity index (χ1) is 14.7. The smallest absolute Gasteiger partial charge is 0.309 e. The van der Waals surface area contributed by atoms with Crippen LogP contribution in [0.5, 0.6) is 11.5 Å². The number of benzene rings is 2. The molecule has 0 saturated carbocycles. The van der Waals surface area contributed by atoms with E-state index in [2.05, 4.69) is 15.2 Å². The van der Waals surface area contributed by atoms with E-state index in [0.717, 1.165) is 52.1 Å². The molecule has 2 aliphatic heterocycles. The second-order valence-corrected chi connectivity index (χ2v) is 9.32. The zero-order chi connectivity index (χ0) is 22.3. The van der Waals surface area contributed by atoms with Crippen LogP contribution in [0.4, 0.5) is 5.69 Å². The number of nitrogens with zero attached hydrogens (tertiary/aromatic N) is 1. The molecule has 2 aliphatic rings. The third kappa shape index (κ3) is 4.17. The molecule has 7 nitrogen and oxygen atoms in total. The Balaban J connectivity index is 1.48. The maximum Gasteiger partial charge on any atom is 0.309 e. The Labute approximate surface area is 189 Å². The third-order valence-electron chi connectivity index (χ3n) is 6.00. The minimum atomic E-state index is -1.65. The predicted octanol–water partition coefficient (Wildman–Crippen LogP) is 3.90. The van der Waals surface area contributed by atoms with E-state index in [0.29, 0.717) is 23.0 Å². The van der Waals surface area contributed by atoms with Crippen LogP contribution >= 0.6 is 12.2 Å². The van der Waals surface area contributed by atoms with Crippen molar-refractivity contribution < 1.29 is 18.3 Å². The lowest BCUT2D eigenvalue weighted by Gasteiger charge is -2.38. The topological polar surface area (TPSA) is 92.2 Å². The van der Waals surface area contributed by atoms with Gasteiger partial charge in [-0.1, -0.05) is 24.4 Å². The van der Waals surface area contributed by atoms with Gasteiger partial charge in [0.15, 0.2) is 5.60 Å². The van der Waals surface area contributed by atoms with Crippen LogP contribution in [0.3, 0.4) is 0 Å². The first kappa shape index (κ1) is 21.7. The minimum absolute atomic E-state index is 0.348. The number of hydroxylamine groups is 1. The molecule has 0 radical (unpaired) electrons. The van der Waals surface area contributed by atoms with Crippen LogP contribution < -0.4 is 15.5 Å². The molecule has 0 saturated heterocycles. The highest BCUT2D eigenvalue weighted by Gasteiger charge is 2.38. The summed E-state index contributed by atoms with van der Waals surface area (Å²) in [4.78, 5) is 0.610. The van der Waals surface area contributed by atoms with Crippen molar-refractivity contribution in [1.82, 2.24) is 5.48 Å². The van der Waals surface area contributed by atoms with Gasteiger partial charge in [0, 0.05) is 17.7 Å². The molecule has 2 aromatic carbocycles. The maximum atomic E-state index is 11.1. The van der Waals surface area contributed by atoms with E-state index in [1.807, 2.05) is 52.0 Å². The molecule has 0 aromatic heterocycles. The van der Waals surface area contributed by atoms with Gasteiger partial charge in [-0.05, 0) is 74.9 Å². The second kappa shape index (κ2) is 8.22. The highest BCUT2D eigenvalue weighted by molar-refractivity contribution is 7.80. The summed E-state index contributed by atoms with van der Waals surface area (Å²) in [7, 11) is 0. The zero-order valence-electron chi connectivity index (χ0n) is 17.9. The summed E-state index contributed by atoms with van der Waals surface area (Å²) >= 11 is 4.08. The highest BCUT2D eigenvalue weighted by atomic mass is 32.2. The lowest BCUT2D eigenvalue weighted by atomic mass is 9.87. The first-order valence-corrected chi connectivity index (χ1v) is 11.5. The molecule has 2 aromatic rings. The number of hydrogen-bond acceptors (Lipinski definition) is 6. The van der Waals surface area contributed by atoms with Gasteiger partial charge < -0.3 is 15.2 Å². The van der Waals surface area contributed by atoms with Gasteiger partial charge in [0.25, 0.3) is 0 Å². The molecule has 2 heterocycles. The molecule has 4 rings (SSSR count). The van der Waals surface area contributed by atoms with E-state index in [9.17, 15) is 9.32 Å². The normalized spacial score (nSPS) is 22.2. The van der Waals surface area contributed by atoms with Crippen LogP contribution in [0, 0.1) is 20.8 Å². The van der Waals surface area contributed by atoms with Gasteiger partial charge >= 0.3 is 11.3 Å². The Morgan fingerprint density at radius 3 is 2.61 bits per heavy atom. The van der Waals surface area contributed by atoms with Gasteiger partial charge in [-0.15, -0.1) is 4.40 Å². The largest absolute Gasteiger partial charge is 0.507 e.